The van der Waals surface area contributed by atoms with E-state index in [2.05, 4.69) is 42.5 Å². The number of nitrogens with one attached hydrogen (secondary N) is 2. The maximum Gasteiger partial charge on any atom is 0.349 e. The molecule has 0 spiro atoms. The monoisotopic (exact) mass is 801 g/mol. The molecular formula is C36H41Br2N3O8. The number of halogens is 2. The molecule has 0 aromatic heterocycles. The van der Waals surface area contributed by atoms with Crippen LogP contribution in [0, 0.1) is 5.92 Å². The van der Waals surface area contributed by atoms with Gasteiger partial charge in [-0.05, 0) is 88.6 Å². The number of amides is 3. The number of carboxylic acids is 1. The van der Waals surface area contributed by atoms with E-state index in [1.807, 2.05) is 6.92 Å². The number of carboxylic acid groups (broad SMARTS) is 1. The largest absolute Gasteiger partial charge is 0.506 e. The van der Waals surface area contributed by atoms with E-state index in [-0.39, 0.29) is 29.0 Å². The van der Waals surface area contributed by atoms with Crippen LogP contribution in [0.5, 0.6) is 17.2 Å². The maximum atomic E-state index is 13.6. The fourth-order valence-corrected chi connectivity index (χ4v) is 7.16. The molecule has 1 saturated carbocycles. The molecule has 1 aliphatic rings. The summed E-state index contributed by atoms with van der Waals surface area (Å²) in [6.45, 7) is 3.73. The highest BCUT2D eigenvalue weighted by atomic mass is 79.9. The first-order valence-corrected chi connectivity index (χ1v) is 17.7. The van der Waals surface area contributed by atoms with Gasteiger partial charge in [0.15, 0.2) is 0 Å². The van der Waals surface area contributed by atoms with Crippen LogP contribution >= 0.6 is 31.9 Å². The van der Waals surface area contributed by atoms with E-state index >= 15 is 0 Å². The molecule has 1 fully saturated rings. The van der Waals surface area contributed by atoms with Gasteiger partial charge in [0.2, 0.25) is 17.9 Å². The van der Waals surface area contributed by atoms with Gasteiger partial charge < -0.3 is 36.1 Å². The Kier molecular flexibility index (Phi) is 13.5. The molecule has 0 saturated heterocycles. The van der Waals surface area contributed by atoms with Gasteiger partial charge in [0, 0.05) is 23.4 Å². The number of benzene rings is 3. The topological polar surface area (TPSA) is 177 Å². The van der Waals surface area contributed by atoms with Crippen LogP contribution in [0.1, 0.15) is 91.6 Å². The number of carbonyl (C=O) groups is 4. The molecule has 3 aromatic carbocycles. The Morgan fingerprint density at radius 2 is 1.67 bits per heavy atom. The number of carbonyl (C=O) groups excluding carboxylic acids is 3. The van der Waals surface area contributed by atoms with Crippen molar-refractivity contribution < 1.29 is 38.9 Å². The highest BCUT2D eigenvalue weighted by molar-refractivity contribution is 9.11. The second kappa shape index (κ2) is 17.5. The predicted molar refractivity (Wildman–Crippen MR) is 190 cm³/mol. The Balaban J connectivity index is 1.46. The highest BCUT2D eigenvalue weighted by Gasteiger charge is 2.28. The van der Waals surface area contributed by atoms with Gasteiger partial charge >= 0.3 is 5.97 Å². The van der Waals surface area contributed by atoms with Gasteiger partial charge in [-0.15, -0.1) is 0 Å². The standard InChI is InChI=1S/C36H41Br2N3O8/c1-3-29(23-11-14-31(26(16-23)34(39)44)48-19-22-7-5-4-6-8-22)41-35(45)30(40-20(2)42)15-21-9-12-25(13-10-21)49-33(36(46)47)27-17-24(37)18-28(38)32(27)43/h9-14,16-18,22,29-30,33,43H,3-8,15,19H2,1-2H3,(H2,39,44)(H,40,42)(H,41,45)(H,46,47)/t29?,30-,33?/m0/s1. The minimum absolute atomic E-state index is 0.0512. The van der Waals surface area contributed by atoms with Crippen LogP contribution in [-0.4, -0.2) is 46.6 Å². The summed E-state index contributed by atoms with van der Waals surface area (Å²) in [5.74, 6) is -1.93. The third kappa shape index (κ3) is 10.4. The quantitative estimate of drug-likeness (QED) is 0.116. The molecular weight excluding hydrogens is 762 g/mol. The molecule has 0 radical (unpaired) electrons. The third-order valence-corrected chi connectivity index (χ3v) is 9.53. The van der Waals surface area contributed by atoms with E-state index in [1.54, 1.807) is 48.5 Å². The van der Waals surface area contributed by atoms with Gasteiger partial charge in [-0.25, -0.2) is 4.79 Å². The van der Waals surface area contributed by atoms with Gasteiger partial charge in [0.1, 0.15) is 23.3 Å². The number of hydrogen-bond donors (Lipinski definition) is 5. The molecule has 11 nitrogen and oxygen atoms in total. The predicted octanol–water partition coefficient (Wildman–Crippen LogP) is 6.49. The lowest BCUT2D eigenvalue weighted by molar-refractivity contribution is -0.145. The molecule has 3 amide bonds. The van der Waals surface area contributed by atoms with Crippen molar-refractivity contribution in [3.8, 4) is 17.2 Å². The molecule has 0 aliphatic heterocycles. The first kappa shape index (κ1) is 37.7. The molecule has 49 heavy (non-hydrogen) atoms. The lowest BCUT2D eigenvalue weighted by Crippen LogP contribution is -2.48. The third-order valence-electron chi connectivity index (χ3n) is 8.47. The first-order chi connectivity index (χ1) is 23.4. The van der Waals surface area contributed by atoms with Gasteiger partial charge in [-0.1, -0.05) is 60.3 Å². The summed E-state index contributed by atoms with van der Waals surface area (Å²) < 4.78 is 12.6. The zero-order chi connectivity index (χ0) is 35.7. The van der Waals surface area contributed by atoms with Crippen molar-refractivity contribution >= 4 is 55.6 Å². The van der Waals surface area contributed by atoms with Crippen molar-refractivity contribution in [2.75, 3.05) is 6.61 Å². The van der Waals surface area contributed by atoms with Gasteiger partial charge in [-0.2, -0.15) is 0 Å². The SMILES string of the molecule is CCC(NC(=O)[C@H](Cc1ccc(OC(C(=O)O)c2cc(Br)cc(Br)c2O)cc1)NC(C)=O)c1ccc(OCC2CCCCC2)c(C(N)=O)c1. The Hall–Kier alpha value is -4.10. The molecule has 1 aliphatic carbocycles. The Morgan fingerprint density at radius 1 is 0.980 bits per heavy atom. The number of nitrogens with two attached hydrogens (primary N) is 1. The number of phenols is 1. The average molecular weight is 804 g/mol. The number of hydrogen-bond acceptors (Lipinski definition) is 7. The summed E-state index contributed by atoms with van der Waals surface area (Å²) >= 11 is 6.51. The van der Waals surface area contributed by atoms with E-state index in [4.69, 9.17) is 15.2 Å². The fourth-order valence-electron chi connectivity index (χ4n) is 5.90. The molecule has 4 rings (SSSR count). The van der Waals surface area contributed by atoms with Crippen LogP contribution in [-0.2, 0) is 20.8 Å². The molecule has 13 heteroatoms. The lowest BCUT2D eigenvalue weighted by Gasteiger charge is -2.24. The van der Waals surface area contributed by atoms with Crippen LogP contribution in [0.15, 0.2) is 63.5 Å². The van der Waals surface area contributed by atoms with Crippen LogP contribution < -0.4 is 25.8 Å². The average Bonchev–Trinajstić information content (AvgIpc) is 3.07. The first-order valence-electron chi connectivity index (χ1n) is 16.2. The summed E-state index contributed by atoms with van der Waals surface area (Å²) in [6, 6.07) is 13.2. The molecule has 3 atom stereocenters. The normalized spacial score (nSPS) is 15.0. The zero-order valence-electron chi connectivity index (χ0n) is 27.3. The van der Waals surface area contributed by atoms with Crippen LogP contribution in [0.4, 0.5) is 0 Å². The van der Waals surface area contributed by atoms with Gasteiger partial charge in [0.25, 0.3) is 5.91 Å². The fraction of sp³-hybridized carbons (Fsp3) is 0.389. The van der Waals surface area contributed by atoms with Crippen molar-refractivity contribution in [3.63, 3.8) is 0 Å². The summed E-state index contributed by atoms with van der Waals surface area (Å²) in [5, 5.41) is 26.0. The summed E-state index contributed by atoms with van der Waals surface area (Å²) in [6.07, 6.45) is 4.92. The molecule has 262 valence electrons. The number of primary amides is 1. The van der Waals surface area contributed by atoms with Crippen LogP contribution in [0.25, 0.3) is 0 Å². The Bertz CT molecular complexity index is 1660. The van der Waals surface area contributed by atoms with Crippen molar-refractivity contribution in [2.45, 2.75) is 77.0 Å². The highest BCUT2D eigenvalue weighted by Crippen LogP contribution is 2.37. The van der Waals surface area contributed by atoms with E-state index in [0.717, 1.165) is 12.8 Å². The maximum absolute atomic E-state index is 13.6. The van der Waals surface area contributed by atoms with Crippen molar-refractivity contribution in [1.29, 1.82) is 0 Å². The lowest BCUT2D eigenvalue weighted by atomic mass is 9.90. The summed E-state index contributed by atoms with van der Waals surface area (Å²) in [4.78, 5) is 50.1. The summed E-state index contributed by atoms with van der Waals surface area (Å²) in [7, 11) is 0. The minimum Gasteiger partial charge on any atom is -0.506 e. The van der Waals surface area contributed by atoms with Crippen molar-refractivity contribution in [3.05, 3.63) is 85.8 Å². The molecule has 3 aromatic rings. The molecule has 0 bridgehead atoms. The second-order valence-electron chi connectivity index (χ2n) is 12.2. The van der Waals surface area contributed by atoms with Crippen molar-refractivity contribution in [1.82, 2.24) is 10.6 Å². The van der Waals surface area contributed by atoms with E-state index in [9.17, 15) is 29.4 Å². The Labute approximate surface area is 302 Å². The molecule has 6 N–H and O–H groups in total. The minimum atomic E-state index is -1.50. The van der Waals surface area contributed by atoms with E-state index in [0.29, 0.717) is 44.8 Å². The van der Waals surface area contributed by atoms with E-state index < -0.39 is 41.9 Å². The van der Waals surface area contributed by atoms with Crippen LogP contribution in [0.3, 0.4) is 0 Å². The number of phenolic OH excluding ortho intramolecular Hbond substituents is 1. The number of ether oxygens (including phenoxy) is 2. The Morgan fingerprint density at radius 3 is 2.29 bits per heavy atom. The number of rotatable bonds is 15. The van der Waals surface area contributed by atoms with E-state index in [1.165, 1.54) is 32.3 Å². The number of aliphatic carboxylic acids is 1. The molecule has 0 heterocycles. The number of aromatic hydroxyl groups is 1. The van der Waals surface area contributed by atoms with Gasteiger partial charge in [0.05, 0.1) is 22.7 Å². The smallest absolute Gasteiger partial charge is 0.349 e. The second-order valence-corrected chi connectivity index (χ2v) is 13.9. The zero-order valence-corrected chi connectivity index (χ0v) is 30.5. The summed E-state index contributed by atoms with van der Waals surface area (Å²) in [5.41, 5.74) is 7.36. The van der Waals surface area contributed by atoms with Crippen molar-refractivity contribution in [2.24, 2.45) is 11.7 Å². The van der Waals surface area contributed by atoms with Gasteiger partial charge in [-0.3, -0.25) is 14.4 Å². The van der Waals surface area contributed by atoms with Crippen LogP contribution in [0.2, 0.25) is 0 Å². The molecule has 2 unspecified atom stereocenters.